The molecule has 2 amide bonds. The van der Waals surface area contributed by atoms with Crippen molar-refractivity contribution in [2.24, 2.45) is 0 Å². The van der Waals surface area contributed by atoms with Crippen molar-refractivity contribution in [3.05, 3.63) is 41.4 Å². The number of aryl methyl sites for hydroxylation is 2. The molecular formula is C16H19N3O3S. The summed E-state index contributed by atoms with van der Waals surface area (Å²) in [6.07, 6.45) is 1.49. The Labute approximate surface area is 135 Å². The standard InChI is InChI=1S/C16H19N3O3S/c1-3-19-11(2)8-12-9-13(4-5-15(12)19)17-16(20)18-14-6-7-23(21,22)10-14/h4-9,14H,3,10H2,1-2H3,(H2,17,18,20)/t14-/m1/s1. The molecule has 122 valence electrons. The van der Waals surface area contributed by atoms with Crippen LogP contribution in [0.4, 0.5) is 10.5 Å². The van der Waals surface area contributed by atoms with E-state index in [2.05, 4.69) is 35.1 Å². The van der Waals surface area contributed by atoms with E-state index in [9.17, 15) is 13.2 Å². The van der Waals surface area contributed by atoms with Crippen LogP contribution in [0, 0.1) is 6.92 Å². The molecule has 1 atom stereocenters. The van der Waals surface area contributed by atoms with Gasteiger partial charge in [0.1, 0.15) is 0 Å². The highest BCUT2D eigenvalue weighted by Crippen LogP contribution is 2.23. The van der Waals surface area contributed by atoms with Gasteiger partial charge in [0.15, 0.2) is 9.84 Å². The van der Waals surface area contributed by atoms with Crippen molar-refractivity contribution >= 4 is 32.5 Å². The van der Waals surface area contributed by atoms with Gasteiger partial charge in [-0.3, -0.25) is 0 Å². The highest BCUT2D eigenvalue weighted by Gasteiger charge is 2.23. The van der Waals surface area contributed by atoms with Crippen LogP contribution in [0.15, 0.2) is 35.7 Å². The summed E-state index contributed by atoms with van der Waals surface area (Å²) in [5, 5.41) is 7.58. The van der Waals surface area contributed by atoms with Gasteiger partial charge in [-0.2, -0.15) is 0 Å². The first-order valence-corrected chi connectivity index (χ1v) is 9.18. The molecular weight excluding hydrogens is 314 g/mol. The number of amides is 2. The van der Waals surface area contributed by atoms with Crippen molar-refractivity contribution in [2.45, 2.75) is 26.4 Å². The zero-order valence-electron chi connectivity index (χ0n) is 13.0. The Hall–Kier alpha value is -2.28. The Morgan fingerprint density at radius 3 is 2.78 bits per heavy atom. The Balaban J connectivity index is 1.72. The van der Waals surface area contributed by atoms with Crippen molar-refractivity contribution in [1.82, 2.24) is 9.88 Å². The van der Waals surface area contributed by atoms with Crippen molar-refractivity contribution in [3.63, 3.8) is 0 Å². The number of aromatic nitrogens is 1. The lowest BCUT2D eigenvalue weighted by atomic mass is 10.2. The number of anilines is 1. The van der Waals surface area contributed by atoms with Gasteiger partial charge in [0, 0.05) is 34.2 Å². The molecule has 1 aromatic carbocycles. The van der Waals surface area contributed by atoms with Crippen LogP contribution in [0.1, 0.15) is 12.6 Å². The largest absolute Gasteiger partial charge is 0.345 e. The second kappa shape index (κ2) is 5.73. The highest BCUT2D eigenvalue weighted by atomic mass is 32.2. The second-order valence-electron chi connectivity index (χ2n) is 5.67. The van der Waals surface area contributed by atoms with Crippen LogP contribution >= 0.6 is 0 Å². The molecule has 2 N–H and O–H groups in total. The van der Waals surface area contributed by atoms with E-state index in [0.29, 0.717) is 5.69 Å². The molecule has 0 fully saturated rings. The predicted molar refractivity (Wildman–Crippen MR) is 91.2 cm³/mol. The molecule has 0 bridgehead atoms. The topological polar surface area (TPSA) is 80.2 Å². The van der Waals surface area contributed by atoms with Gasteiger partial charge in [-0.15, -0.1) is 0 Å². The summed E-state index contributed by atoms with van der Waals surface area (Å²) in [7, 11) is -3.17. The number of hydrogen-bond acceptors (Lipinski definition) is 3. The molecule has 0 saturated heterocycles. The number of carbonyl (C=O) groups excluding carboxylic acids is 1. The maximum Gasteiger partial charge on any atom is 0.319 e. The summed E-state index contributed by atoms with van der Waals surface area (Å²) in [5.74, 6) is -0.0853. The van der Waals surface area contributed by atoms with Gasteiger partial charge < -0.3 is 15.2 Å². The second-order valence-corrected chi connectivity index (χ2v) is 7.60. The molecule has 0 radical (unpaired) electrons. The van der Waals surface area contributed by atoms with Gasteiger partial charge in [0.05, 0.1) is 11.8 Å². The third-order valence-electron chi connectivity index (χ3n) is 3.93. The van der Waals surface area contributed by atoms with Crippen LogP contribution in [0.2, 0.25) is 0 Å². The summed E-state index contributed by atoms with van der Waals surface area (Å²) < 4.78 is 24.9. The predicted octanol–water partition coefficient (Wildman–Crippen LogP) is 2.40. The third kappa shape index (κ3) is 3.24. The third-order valence-corrected chi connectivity index (χ3v) is 5.32. The Kier molecular flexibility index (Phi) is 3.89. The molecule has 0 aliphatic carbocycles. The Bertz CT molecular complexity index is 897. The number of nitrogens with one attached hydrogen (secondary N) is 2. The molecule has 0 unspecified atom stereocenters. The lowest BCUT2D eigenvalue weighted by molar-refractivity contribution is 0.251. The fourth-order valence-electron chi connectivity index (χ4n) is 2.91. The zero-order valence-corrected chi connectivity index (χ0v) is 13.9. The summed E-state index contributed by atoms with van der Waals surface area (Å²) >= 11 is 0. The van der Waals surface area contributed by atoms with Gasteiger partial charge in [-0.25, -0.2) is 13.2 Å². The SMILES string of the molecule is CCn1c(C)cc2cc(NC(=O)N[C@@H]3C=CS(=O)(=O)C3)ccc21. The minimum Gasteiger partial charge on any atom is -0.345 e. The Morgan fingerprint density at radius 1 is 1.35 bits per heavy atom. The molecule has 7 heteroatoms. The minimum atomic E-state index is -3.17. The average molecular weight is 333 g/mol. The number of hydrogen-bond donors (Lipinski definition) is 2. The van der Waals surface area contributed by atoms with Crippen LogP contribution in [-0.2, 0) is 16.4 Å². The smallest absolute Gasteiger partial charge is 0.319 e. The average Bonchev–Trinajstić information content (AvgIpc) is 2.96. The number of rotatable bonds is 3. The van der Waals surface area contributed by atoms with Crippen molar-refractivity contribution < 1.29 is 13.2 Å². The zero-order chi connectivity index (χ0) is 16.6. The fraction of sp³-hybridized carbons (Fsp3) is 0.312. The first-order valence-electron chi connectivity index (χ1n) is 7.46. The number of sulfone groups is 1. The fourth-order valence-corrected chi connectivity index (χ4v) is 4.14. The van der Waals surface area contributed by atoms with Crippen LogP contribution < -0.4 is 10.6 Å². The molecule has 1 aliphatic rings. The van der Waals surface area contributed by atoms with E-state index in [0.717, 1.165) is 22.9 Å². The van der Waals surface area contributed by atoms with E-state index in [1.54, 1.807) is 0 Å². The van der Waals surface area contributed by atoms with Crippen LogP contribution in [0.3, 0.4) is 0 Å². The summed E-state index contributed by atoms with van der Waals surface area (Å²) in [6.45, 7) is 5.04. The lowest BCUT2D eigenvalue weighted by Gasteiger charge is -2.11. The highest BCUT2D eigenvalue weighted by molar-refractivity contribution is 7.94. The van der Waals surface area contributed by atoms with Crippen LogP contribution in [0.25, 0.3) is 10.9 Å². The number of benzene rings is 1. The van der Waals surface area contributed by atoms with Gasteiger partial charge in [-0.1, -0.05) is 0 Å². The molecule has 1 aliphatic heterocycles. The lowest BCUT2D eigenvalue weighted by Crippen LogP contribution is -2.38. The summed E-state index contributed by atoms with van der Waals surface area (Å²) in [5.41, 5.74) is 2.97. The van der Waals surface area contributed by atoms with Gasteiger partial charge >= 0.3 is 6.03 Å². The molecule has 3 rings (SSSR count). The molecule has 0 spiro atoms. The summed E-state index contributed by atoms with van der Waals surface area (Å²) in [6, 6.07) is 6.91. The van der Waals surface area contributed by atoms with E-state index in [1.165, 1.54) is 11.8 Å². The normalized spacial score (nSPS) is 19.1. The van der Waals surface area contributed by atoms with E-state index in [1.807, 2.05) is 18.2 Å². The van der Waals surface area contributed by atoms with Gasteiger partial charge in [0.25, 0.3) is 0 Å². The maximum absolute atomic E-state index is 12.0. The van der Waals surface area contributed by atoms with Crippen molar-refractivity contribution in [1.29, 1.82) is 0 Å². The van der Waals surface area contributed by atoms with Crippen molar-refractivity contribution in [2.75, 3.05) is 11.1 Å². The molecule has 1 aromatic heterocycles. The van der Waals surface area contributed by atoms with Crippen molar-refractivity contribution in [3.8, 4) is 0 Å². The first-order chi connectivity index (χ1) is 10.9. The van der Waals surface area contributed by atoms with E-state index in [4.69, 9.17) is 0 Å². The monoisotopic (exact) mass is 333 g/mol. The first kappa shape index (κ1) is 15.6. The van der Waals surface area contributed by atoms with E-state index >= 15 is 0 Å². The molecule has 2 heterocycles. The van der Waals surface area contributed by atoms with Crippen LogP contribution in [-0.4, -0.2) is 30.8 Å². The minimum absolute atomic E-state index is 0.0853. The van der Waals surface area contributed by atoms with E-state index in [-0.39, 0.29) is 5.75 Å². The summed E-state index contributed by atoms with van der Waals surface area (Å²) in [4.78, 5) is 12.0. The number of nitrogens with zero attached hydrogens (tertiary/aromatic N) is 1. The van der Waals surface area contributed by atoms with Crippen LogP contribution in [0.5, 0.6) is 0 Å². The number of urea groups is 1. The quantitative estimate of drug-likeness (QED) is 0.905. The van der Waals surface area contributed by atoms with Gasteiger partial charge in [-0.05, 0) is 44.2 Å². The maximum atomic E-state index is 12.0. The van der Waals surface area contributed by atoms with Gasteiger partial charge in [0.2, 0.25) is 0 Å². The number of fused-ring (bicyclic) bond motifs is 1. The molecule has 2 aromatic rings. The molecule has 23 heavy (non-hydrogen) atoms. The van der Waals surface area contributed by atoms with E-state index < -0.39 is 21.9 Å². The molecule has 0 saturated carbocycles. The Morgan fingerprint density at radius 2 is 2.13 bits per heavy atom. The molecule has 6 nitrogen and oxygen atoms in total. The number of carbonyl (C=O) groups is 1.